The lowest BCUT2D eigenvalue weighted by molar-refractivity contribution is 0.0927. The topological polar surface area (TPSA) is 83.6 Å². The second kappa shape index (κ2) is 5.55. The second-order valence-corrected chi connectivity index (χ2v) is 4.87. The molecule has 0 aliphatic heterocycles. The summed E-state index contributed by atoms with van der Waals surface area (Å²) < 4.78 is 25.1. The summed E-state index contributed by atoms with van der Waals surface area (Å²) in [4.78, 5) is 26.5. The minimum atomic E-state index is -2.72. The highest BCUT2D eigenvalue weighted by atomic mass is 19.3. The fraction of sp³-hybridized carbons (Fsp3) is 0.385. The van der Waals surface area contributed by atoms with Crippen LogP contribution >= 0.6 is 0 Å². The number of aromatic amines is 1. The molecule has 1 aliphatic carbocycles. The van der Waals surface area contributed by atoms with Gasteiger partial charge in [0.05, 0.1) is 12.0 Å². The summed E-state index contributed by atoms with van der Waals surface area (Å²) in [5.74, 6) is -0.465. The van der Waals surface area contributed by atoms with E-state index in [1.165, 1.54) is 0 Å². The highest BCUT2D eigenvalue weighted by Gasteiger charge is 2.23. The molecule has 1 unspecified atom stereocenters. The maximum absolute atomic E-state index is 12.6. The highest BCUT2D eigenvalue weighted by molar-refractivity contribution is 5.92. The maximum atomic E-state index is 12.6. The highest BCUT2D eigenvalue weighted by Crippen LogP contribution is 2.19. The molecule has 1 amide bonds. The van der Waals surface area contributed by atoms with E-state index in [9.17, 15) is 13.6 Å². The molecule has 0 saturated heterocycles. The van der Waals surface area contributed by atoms with Gasteiger partial charge < -0.3 is 10.3 Å². The van der Waals surface area contributed by atoms with Crippen LogP contribution in [0.5, 0.6) is 0 Å². The van der Waals surface area contributed by atoms with Crippen molar-refractivity contribution >= 4 is 5.91 Å². The van der Waals surface area contributed by atoms with Crippen molar-refractivity contribution in [2.75, 3.05) is 0 Å². The third-order valence-corrected chi connectivity index (χ3v) is 3.47. The van der Waals surface area contributed by atoms with Crippen molar-refractivity contribution in [1.29, 1.82) is 0 Å². The monoisotopic (exact) mass is 293 g/mol. The first-order valence-electron chi connectivity index (χ1n) is 6.55. The van der Waals surface area contributed by atoms with Crippen molar-refractivity contribution < 1.29 is 13.6 Å². The van der Waals surface area contributed by atoms with Crippen LogP contribution in [0.25, 0.3) is 0 Å². The minimum Gasteiger partial charge on any atom is -0.348 e. The predicted octanol–water partition coefficient (Wildman–Crippen LogP) is 1.42. The number of aryl methyl sites for hydroxylation is 1. The zero-order valence-electron chi connectivity index (χ0n) is 11.0. The Morgan fingerprint density at radius 2 is 2.24 bits per heavy atom. The molecule has 6 nitrogen and oxygen atoms in total. The van der Waals surface area contributed by atoms with Crippen molar-refractivity contribution in [3.63, 3.8) is 0 Å². The number of amides is 1. The number of hydrogen-bond acceptors (Lipinski definition) is 4. The lowest BCUT2D eigenvalue weighted by Crippen LogP contribution is -2.39. The number of carbonyl (C=O) groups excluding carboxylic acids is 1. The van der Waals surface area contributed by atoms with E-state index in [1.807, 2.05) is 0 Å². The van der Waals surface area contributed by atoms with E-state index in [0.717, 1.165) is 36.6 Å². The van der Waals surface area contributed by atoms with E-state index in [-0.39, 0.29) is 11.7 Å². The van der Waals surface area contributed by atoms with Crippen LogP contribution in [-0.2, 0) is 12.8 Å². The van der Waals surface area contributed by atoms with Crippen molar-refractivity contribution in [1.82, 2.24) is 25.3 Å². The van der Waals surface area contributed by atoms with Gasteiger partial charge in [0.1, 0.15) is 17.7 Å². The number of rotatable bonds is 3. The van der Waals surface area contributed by atoms with Gasteiger partial charge in [-0.1, -0.05) is 0 Å². The summed E-state index contributed by atoms with van der Waals surface area (Å²) in [5.41, 5.74) is 1.52. The average molecular weight is 293 g/mol. The summed E-state index contributed by atoms with van der Waals surface area (Å²) in [6.45, 7) is 0. The molecule has 2 aromatic rings. The molecule has 2 N–H and O–H groups in total. The molecule has 110 valence electrons. The number of aromatic nitrogens is 4. The standard InChI is InChI=1S/C13H13F2N5O/c14-12(15)10-4-11(19-6-18-10)13(21)20-7-1-2-8-9(3-7)17-5-16-8/h4-7,12H,1-3H2,(H,16,17)(H,20,21). The number of nitrogens with one attached hydrogen (secondary N) is 2. The Kier molecular flexibility index (Phi) is 3.59. The van der Waals surface area contributed by atoms with Crippen LogP contribution in [0.1, 0.15) is 40.4 Å². The van der Waals surface area contributed by atoms with Crippen LogP contribution in [0, 0.1) is 0 Å². The number of alkyl halides is 2. The number of fused-ring (bicyclic) bond motifs is 1. The van der Waals surface area contributed by atoms with Gasteiger partial charge in [-0.2, -0.15) is 0 Å². The molecule has 2 aromatic heterocycles. The summed E-state index contributed by atoms with van der Waals surface area (Å²) in [6, 6.07) is 0.959. The Balaban J connectivity index is 1.68. The SMILES string of the molecule is O=C(NC1CCc2nc[nH]c2C1)c1cc(C(F)F)ncn1. The Morgan fingerprint density at radius 3 is 3.05 bits per heavy atom. The zero-order chi connectivity index (χ0) is 14.8. The van der Waals surface area contributed by atoms with Crippen LogP contribution < -0.4 is 5.32 Å². The molecule has 2 heterocycles. The quantitative estimate of drug-likeness (QED) is 0.896. The molecule has 21 heavy (non-hydrogen) atoms. The van der Waals surface area contributed by atoms with E-state index in [2.05, 4.69) is 25.3 Å². The molecule has 0 radical (unpaired) electrons. The molecule has 0 spiro atoms. The fourth-order valence-corrected chi connectivity index (χ4v) is 2.40. The molecular formula is C13H13F2N5O. The van der Waals surface area contributed by atoms with Crippen LogP contribution in [0.2, 0.25) is 0 Å². The van der Waals surface area contributed by atoms with E-state index in [1.54, 1.807) is 6.33 Å². The van der Waals surface area contributed by atoms with Crippen molar-refractivity contribution in [2.24, 2.45) is 0 Å². The molecule has 8 heteroatoms. The number of imidazole rings is 1. The second-order valence-electron chi connectivity index (χ2n) is 4.87. The summed E-state index contributed by atoms with van der Waals surface area (Å²) >= 11 is 0. The fourth-order valence-electron chi connectivity index (χ4n) is 2.40. The number of nitrogens with zero attached hydrogens (tertiary/aromatic N) is 3. The smallest absolute Gasteiger partial charge is 0.280 e. The van der Waals surface area contributed by atoms with Gasteiger partial charge in [-0.25, -0.2) is 23.7 Å². The lowest BCUT2D eigenvalue weighted by Gasteiger charge is -2.22. The van der Waals surface area contributed by atoms with Crippen LogP contribution in [0.15, 0.2) is 18.7 Å². The van der Waals surface area contributed by atoms with Crippen molar-refractivity contribution in [2.45, 2.75) is 31.7 Å². The van der Waals surface area contributed by atoms with Crippen molar-refractivity contribution in [3.05, 3.63) is 41.5 Å². The number of halogens is 2. The first kappa shape index (κ1) is 13.6. The summed E-state index contributed by atoms with van der Waals surface area (Å²) in [7, 11) is 0. The maximum Gasteiger partial charge on any atom is 0.280 e. The molecule has 1 atom stereocenters. The van der Waals surface area contributed by atoms with Crippen LogP contribution in [-0.4, -0.2) is 31.9 Å². The van der Waals surface area contributed by atoms with Gasteiger partial charge in [0.2, 0.25) is 0 Å². The first-order chi connectivity index (χ1) is 10.1. The number of hydrogen-bond donors (Lipinski definition) is 2. The van der Waals surface area contributed by atoms with Gasteiger partial charge in [-0.15, -0.1) is 0 Å². The number of H-pyrrole nitrogens is 1. The predicted molar refractivity (Wildman–Crippen MR) is 68.9 cm³/mol. The van der Waals surface area contributed by atoms with Gasteiger partial charge in [0.25, 0.3) is 12.3 Å². The van der Waals surface area contributed by atoms with Crippen molar-refractivity contribution in [3.8, 4) is 0 Å². The van der Waals surface area contributed by atoms with E-state index in [0.29, 0.717) is 6.42 Å². The van der Waals surface area contributed by atoms with E-state index >= 15 is 0 Å². The third kappa shape index (κ3) is 2.88. The Bertz CT molecular complexity index is 658. The van der Waals surface area contributed by atoms with Gasteiger partial charge in [-0.3, -0.25) is 4.79 Å². The van der Waals surface area contributed by atoms with Crippen LogP contribution in [0.3, 0.4) is 0 Å². The molecule has 0 bridgehead atoms. The van der Waals surface area contributed by atoms with E-state index in [4.69, 9.17) is 0 Å². The number of carbonyl (C=O) groups is 1. The molecule has 3 rings (SSSR count). The Morgan fingerprint density at radius 1 is 1.38 bits per heavy atom. The average Bonchev–Trinajstić information content (AvgIpc) is 2.95. The molecule has 0 fully saturated rings. The zero-order valence-corrected chi connectivity index (χ0v) is 11.0. The molecule has 0 saturated carbocycles. The van der Waals surface area contributed by atoms with Gasteiger partial charge in [0.15, 0.2) is 0 Å². The Hall–Kier alpha value is -2.38. The molecular weight excluding hydrogens is 280 g/mol. The van der Waals surface area contributed by atoms with Crippen LogP contribution in [0.4, 0.5) is 8.78 Å². The Labute approximate surface area is 119 Å². The minimum absolute atomic E-state index is 0.0456. The third-order valence-electron chi connectivity index (χ3n) is 3.47. The van der Waals surface area contributed by atoms with Gasteiger partial charge in [0, 0.05) is 18.2 Å². The molecule has 0 aromatic carbocycles. The van der Waals surface area contributed by atoms with Gasteiger partial charge in [-0.05, 0) is 18.9 Å². The van der Waals surface area contributed by atoms with E-state index < -0.39 is 18.0 Å². The normalized spacial score (nSPS) is 17.6. The lowest BCUT2D eigenvalue weighted by atomic mass is 9.96. The summed E-state index contributed by atoms with van der Waals surface area (Å²) in [5, 5.41) is 2.81. The van der Waals surface area contributed by atoms with Gasteiger partial charge >= 0.3 is 0 Å². The first-order valence-corrected chi connectivity index (χ1v) is 6.55. The largest absolute Gasteiger partial charge is 0.348 e. The summed E-state index contributed by atoms with van der Waals surface area (Å²) in [6.07, 6.45) is 2.07. The molecule has 1 aliphatic rings.